The molecule has 2 rings (SSSR count). The Morgan fingerprint density at radius 3 is 2.67 bits per heavy atom. The lowest BCUT2D eigenvalue weighted by Gasteiger charge is -2.40. The van der Waals surface area contributed by atoms with Crippen LogP contribution < -0.4 is 5.32 Å². The summed E-state index contributed by atoms with van der Waals surface area (Å²) in [5.74, 6) is 0.517. The molecule has 2 aliphatic heterocycles. The lowest BCUT2D eigenvalue weighted by molar-refractivity contribution is -0.138. The Kier molecular flexibility index (Phi) is 3.49. The topological polar surface area (TPSA) is 49.4 Å². The average molecular weight is 252 g/mol. The van der Waals surface area contributed by atoms with Crippen LogP contribution in [0.2, 0.25) is 0 Å². The quantitative estimate of drug-likeness (QED) is 0.766. The van der Waals surface area contributed by atoms with Crippen molar-refractivity contribution in [2.24, 2.45) is 5.92 Å². The van der Waals surface area contributed by atoms with Crippen LogP contribution in [0.15, 0.2) is 0 Å². The summed E-state index contributed by atoms with van der Waals surface area (Å²) in [7, 11) is 0. The summed E-state index contributed by atoms with van der Waals surface area (Å²) in [6.07, 6.45) is 2.50. The number of fused-ring (bicyclic) bond motifs is 1. The first kappa shape index (κ1) is 13.5. The highest BCUT2D eigenvalue weighted by Crippen LogP contribution is 2.32. The van der Waals surface area contributed by atoms with E-state index in [4.69, 9.17) is 0 Å². The third kappa shape index (κ3) is 2.58. The number of nitrogens with one attached hydrogen (secondary N) is 1. The minimum absolute atomic E-state index is 0.00285. The molecule has 0 radical (unpaired) electrons. The van der Waals surface area contributed by atoms with Crippen LogP contribution >= 0.6 is 0 Å². The summed E-state index contributed by atoms with van der Waals surface area (Å²) in [6.45, 7) is 8.86. The number of carbonyl (C=O) groups excluding carboxylic acids is 2. The van der Waals surface area contributed by atoms with E-state index in [-0.39, 0.29) is 29.4 Å². The molecular weight excluding hydrogens is 228 g/mol. The smallest absolute Gasteiger partial charge is 0.238 e. The maximum Gasteiger partial charge on any atom is 0.238 e. The van der Waals surface area contributed by atoms with Gasteiger partial charge in [-0.05, 0) is 46.1 Å². The second-order valence-corrected chi connectivity index (χ2v) is 6.73. The third-order valence-electron chi connectivity index (χ3n) is 3.85. The van der Waals surface area contributed by atoms with Gasteiger partial charge in [-0.15, -0.1) is 0 Å². The van der Waals surface area contributed by atoms with E-state index in [0.29, 0.717) is 12.2 Å². The summed E-state index contributed by atoms with van der Waals surface area (Å²) >= 11 is 0. The number of rotatable bonds is 1. The van der Waals surface area contributed by atoms with E-state index in [2.05, 4.69) is 10.2 Å². The number of piperidine rings is 1. The molecule has 1 N–H and O–H groups in total. The van der Waals surface area contributed by atoms with Gasteiger partial charge in [-0.1, -0.05) is 6.92 Å². The van der Waals surface area contributed by atoms with Crippen LogP contribution in [0, 0.1) is 5.92 Å². The van der Waals surface area contributed by atoms with E-state index in [1.54, 1.807) is 0 Å². The summed E-state index contributed by atoms with van der Waals surface area (Å²) < 4.78 is 0. The number of Topliss-reactive ketones (excluding diaryl/α,β-unsaturated/α-hetero) is 1. The summed E-state index contributed by atoms with van der Waals surface area (Å²) in [5, 5.41) is 3.05. The molecule has 4 nitrogen and oxygen atoms in total. The highest BCUT2D eigenvalue weighted by atomic mass is 16.2. The van der Waals surface area contributed by atoms with E-state index in [1.165, 1.54) is 0 Å². The van der Waals surface area contributed by atoms with Crippen molar-refractivity contribution in [1.29, 1.82) is 0 Å². The Bertz CT molecular complexity index is 359. The zero-order valence-electron chi connectivity index (χ0n) is 11.8. The highest BCUT2D eigenvalue weighted by molar-refractivity contribution is 5.90. The van der Waals surface area contributed by atoms with Gasteiger partial charge in [-0.3, -0.25) is 14.5 Å². The van der Waals surface area contributed by atoms with Crippen LogP contribution in [0.5, 0.6) is 0 Å². The lowest BCUT2D eigenvalue weighted by Crippen LogP contribution is -2.60. The average Bonchev–Trinajstić information content (AvgIpc) is 2.63. The number of amides is 1. The zero-order chi connectivity index (χ0) is 13.5. The van der Waals surface area contributed by atoms with Gasteiger partial charge < -0.3 is 5.32 Å². The SMILES string of the molecule is C[C@@H]1CC(=O)[C@@H]2CCCN2[C@H]1C(=O)NC(C)(C)C. The Balaban J connectivity index is 2.15. The maximum atomic E-state index is 12.4. The van der Waals surface area contributed by atoms with Gasteiger partial charge in [0.2, 0.25) is 5.91 Å². The molecule has 0 bridgehead atoms. The molecule has 0 aliphatic carbocycles. The van der Waals surface area contributed by atoms with E-state index >= 15 is 0 Å². The zero-order valence-corrected chi connectivity index (χ0v) is 11.8. The Morgan fingerprint density at radius 1 is 1.39 bits per heavy atom. The van der Waals surface area contributed by atoms with Crippen molar-refractivity contribution in [2.75, 3.05) is 6.54 Å². The molecule has 18 heavy (non-hydrogen) atoms. The van der Waals surface area contributed by atoms with E-state index in [0.717, 1.165) is 19.4 Å². The first-order chi connectivity index (χ1) is 8.29. The highest BCUT2D eigenvalue weighted by Gasteiger charge is 2.46. The number of nitrogens with zero attached hydrogens (tertiary/aromatic N) is 1. The molecule has 0 unspecified atom stereocenters. The monoisotopic (exact) mass is 252 g/mol. The molecule has 2 saturated heterocycles. The molecule has 0 spiro atoms. The number of carbonyl (C=O) groups is 2. The van der Waals surface area contributed by atoms with Crippen molar-refractivity contribution in [1.82, 2.24) is 10.2 Å². The molecule has 1 amide bonds. The Labute approximate surface area is 109 Å². The van der Waals surface area contributed by atoms with E-state index in [9.17, 15) is 9.59 Å². The minimum atomic E-state index is -0.215. The van der Waals surface area contributed by atoms with Crippen molar-refractivity contribution >= 4 is 11.7 Å². The molecule has 0 aromatic rings. The number of hydrogen-bond acceptors (Lipinski definition) is 3. The summed E-state index contributed by atoms with van der Waals surface area (Å²) in [4.78, 5) is 26.5. The Hall–Kier alpha value is -0.900. The van der Waals surface area contributed by atoms with Crippen LogP contribution in [-0.2, 0) is 9.59 Å². The van der Waals surface area contributed by atoms with E-state index in [1.807, 2.05) is 27.7 Å². The van der Waals surface area contributed by atoms with Crippen molar-refractivity contribution in [3.8, 4) is 0 Å². The normalized spacial score (nSPS) is 33.3. The van der Waals surface area contributed by atoms with Gasteiger partial charge in [0.1, 0.15) is 5.78 Å². The van der Waals surface area contributed by atoms with Crippen LogP contribution in [-0.4, -0.2) is 40.8 Å². The fourth-order valence-corrected chi connectivity index (χ4v) is 3.21. The van der Waals surface area contributed by atoms with E-state index < -0.39 is 0 Å². The first-order valence-electron chi connectivity index (χ1n) is 6.90. The van der Waals surface area contributed by atoms with Gasteiger partial charge in [-0.25, -0.2) is 0 Å². The van der Waals surface area contributed by atoms with Gasteiger partial charge in [0.25, 0.3) is 0 Å². The molecular formula is C14H24N2O2. The third-order valence-corrected chi connectivity index (χ3v) is 3.85. The fraction of sp³-hybridized carbons (Fsp3) is 0.857. The second kappa shape index (κ2) is 4.65. The summed E-state index contributed by atoms with van der Waals surface area (Å²) in [5.41, 5.74) is -0.215. The van der Waals surface area contributed by atoms with Crippen molar-refractivity contribution in [3.05, 3.63) is 0 Å². The molecule has 3 atom stereocenters. The van der Waals surface area contributed by atoms with Crippen molar-refractivity contribution < 1.29 is 9.59 Å². The number of hydrogen-bond donors (Lipinski definition) is 1. The number of ketones is 1. The standard InChI is InChI=1S/C14H24N2O2/c1-9-8-11(17)10-6-5-7-16(10)12(9)13(18)15-14(2,3)4/h9-10,12H,5-8H2,1-4H3,(H,15,18)/t9-,10+,12-/m1/s1. The van der Waals surface area contributed by atoms with Crippen LogP contribution in [0.1, 0.15) is 47.0 Å². The predicted molar refractivity (Wildman–Crippen MR) is 70.2 cm³/mol. The second-order valence-electron chi connectivity index (χ2n) is 6.73. The molecule has 2 heterocycles. The minimum Gasteiger partial charge on any atom is -0.350 e. The molecule has 4 heteroatoms. The fourth-order valence-electron chi connectivity index (χ4n) is 3.21. The van der Waals surface area contributed by atoms with Crippen LogP contribution in [0.4, 0.5) is 0 Å². The maximum absolute atomic E-state index is 12.4. The lowest BCUT2D eigenvalue weighted by atomic mass is 9.85. The Morgan fingerprint density at radius 2 is 2.06 bits per heavy atom. The first-order valence-corrected chi connectivity index (χ1v) is 6.90. The van der Waals surface area contributed by atoms with Crippen molar-refractivity contribution in [2.45, 2.75) is 64.6 Å². The molecule has 0 saturated carbocycles. The molecule has 0 aromatic carbocycles. The van der Waals surface area contributed by atoms with Gasteiger partial charge in [0.05, 0.1) is 12.1 Å². The predicted octanol–water partition coefficient (Wildman–Crippen LogP) is 1.34. The van der Waals surface area contributed by atoms with Gasteiger partial charge in [0, 0.05) is 12.0 Å². The van der Waals surface area contributed by atoms with Gasteiger partial charge in [-0.2, -0.15) is 0 Å². The molecule has 0 aromatic heterocycles. The van der Waals surface area contributed by atoms with Crippen LogP contribution in [0.3, 0.4) is 0 Å². The van der Waals surface area contributed by atoms with Gasteiger partial charge in [0.15, 0.2) is 0 Å². The van der Waals surface area contributed by atoms with Crippen LogP contribution in [0.25, 0.3) is 0 Å². The summed E-state index contributed by atoms with van der Waals surface area (Å²) in [6, 6.07) is -0.133. The molecule has 102 valence electrons. The largest absolute Gasteiger partial charge is 0.350 e. The molecule has 2 fully saturated rings. The molecule has 2 aliphatic rings. The van der Waals surface area contributed by atoms with Gasteiger partial charge >= 0.3 is 0 Å². The van der Waals surface area contributed by atoms with Crippen molar-refractivity contribution in [3.63, 3.8) is 0 Å².